The Bertz CT molecular complexity index is 1750. The van der Waals surface area contributed by atoms with Crippen LogP contribution < -0.4 is 0 Å². The van der Waals surface area contributed by atoms with Crippen molar-refractivity contribution in [3.63, 3.8) is 0 Å². The van der Waals surface area contributed by atoms with Crippen molar-refractivity contribution in [2.24, 2.45) is 56.2 Å². The number of likely N-dealkylation sites (N-methyl/N-ethyl adjacent to an activating group) is 1. The molecule has 9 atom stereocenters. The number of allylic oxidation sites excluding steroid dienone is 1. The molecule has 57 heavy (non-hydrogen) atoms. The van der Waals surface area contributed by atoms with Gasteiger partial charge in [0.2, 0.25) is 0 Å². The number of carboxylic acid groups (broad SMARTS) is 1. The van der Waals surface area contributed by atoms with Crippen molar-refractivity contribution in [2.75, 3.05) is 33.7 Å². The van der Waals surface area contributed by atoms with Crippen molar-refractivity contribution in [1.29, 1.82) is 0 Å². The van der Waals surface area contributed by atoms with Gasteiger partial charge in [-0.2, -0.15) is 0 Å². The van der Waals surface area contributed by atoms with E-state index >= 15 is 0 Å². The lowest BCUT2D eigenvalue weighted by Gasteiger charge is -2.72. The molecule has 8 nitrogen and oxygen atoms in total. The van der Waals surface area contributed by atoms with Crippen LogP contribution >= 0.6 is 11.6 Å². The third-order valence-electron chi connectivity index (χ3n) is 17.1. The molecule has 0 spiro atoms. The van der Waals surface area contributed by atoms with E-state index in [2.05, 4.69) is 78.4 Å². The first-order chi connectivity index (χ1) is 26.4. The van der Waals surface area contributed by atoms with Crippen LogP contribution in [0, 0.1) is 56.2 Å². The molecule has 5 aliphatic rings. The number of hydrogen-bond acceptors (Lipinski definition) is 7. The third-order valence-corrected chi connectivity index (χ3v) is 17.3. The van der Waals surface area contributed by atoms with Crippen LogP contribution in [0.5, 0.6) is 0 Å². The number of benzene rings is 1. The molecule has 1 aromatic carbocycles. The predicted molar refractivity (Wildman–Crippen MR) is 227 cm³/mol. The second-order valence-electron chi connectivity index (χ2n) is 21.7. The Hall–Kier alpha value is -2.26. The van der Waals surface area contributed by atoms with Gasteiger partial charge in [-0.05, 0) is 142 Å². The first-order valence-corrected chi connectivity index (χ1v) is 22.3. The Balaban J connectivity index is 1.29. The monoisotopic (exact) mass is 809 g/mol. The van der Waals surface area contributed by atoms with Crippen LogP contribution in [0.1, 0.15) is 132 Å². The van der Waals surface area contributed by atoms with Gasteiger partial charge in [-0.25, -0.2) is 0 Å². The molecule has 4 saturated carbocycles. The quantitative estimate of drug-likeness (QED) is 0.190. The average molecular weight is 810 g/mol. The maximum absolute atomic E-state index is 14.3. The standard InChI is InChI=1S/C48H73ClN2O6/c1-30(2)40-34(52)26-48(37(53)29-51(24-23-50(10)11)28-31-13-12-14-32(49)25-31)22-21-46(8)33(41(40)48)15-16-36-45(7)19-18-38(57-39(54)27-43(3,4)42(55)56)44(5,6)35(45)17-20-47(36,46)9/h12-14,25,30,33,35-38,53H,15-24,26-29H2,1-11H3,(H,55,56)/t33-,35+,36-,37?,38+,45+,46-,47-,48+/m1/s1. The highest BCUT2D eigenvalue weighted by atomic mass is 35.5. The first kappa shape index (κ1) is 44.3. The summed E-state index contributed by atoms with van der Waals surface area (Å²) in [5, 5.41) is 23.1. The van der Waals surface area contributed by atoms with E-state index in [0.717, 1.165) is 75.6 Å². The lowest BCUT2D eigenvalue weighted by atomic mass is 9.33. The molecule has 0 heterocycles. The molecule has 0 bridgehead atoms. The molecule has 4 fully saturated rings. The van der Waals surface area contributed by atoms with Gasteiger partial charge in [0.15, 0.2) is 5.78 Å². The van der Waals surface area contributed by atoms with E-state index in [0.29, 0.717) is 36.4 Å². The maximum Gasteiger partial charge on any atom is 0.309 e. The molecule has 0 amide bonds. The second kappa shape index (κ2) is 15.6. The molecule has 5 aliphatic carbocycles. The van der Waals surface area contributed by atoms with E-state index in [1.807, 2.05) is 18.2 Å². The zero-order valence-corrected chi connectivity index (χ0v) is 37.7. The van der Waals surface area contributed by atoms with E-state index in [-0.39, 0.29) is 51.8 Å². The van der Waals surface area contributed by atoms with E-state index in [4.69, 9.17) is 16.3 Å². The Morgan fingerprint density at radius 3 is 2.28 bits per heavy atom. The summed E-state index contributed by atoms with van der Waals surface area (Å²) in [5.41, 5.74) is 1.48. The number of carbonyl (C=O) groups excluding carboxylic acids is 2. The lowest BCUT2D eigenvalue weighted by Crippen LogP contribution is -2.66. The van der Waals surface area contributed by atoms with Gasteiger partial charge in [-0.3, -0.25) is 19.3 Å². The number of carbonyl (C=O) groups is 3. The summed E-state index contributed by atoms with van der Waals surface area (Å²) >= 11 is 6.41. The highest BCUT2D eigenvalue weighted by molar-refractivity contribution is 6.30. The minimum atomic E-state index is -1.17. The number of Topliss-reactive ketones (excluding diaryl/α,β-unsaturated/α-hetero) is 1. The van der Waals surface area contributed by atoms with Gasteiger partial charge in [0.25, 0.3) is 0 Å². The topological polar surface area (TPSA) is 107 Å². The SMILES string of the molecule is CC(C)C1=C2[C@H]3CC[C@@H]4[C@@]5(C)CC[C@H](OC(=O)CC(C)(C)C(=O)O)C(C)(C)[C@@H]5CC[C@@]4(C)[C@]3(C)CC[C@@]2(C(O)CN(CCN(C)C)Cc2cccc(Cl)c2)CC1=O. The number of aliphatic carboxylic acids is 1. The summed E-state index contributed by atoms with van der Waals surface area (Å²) < 4.78 is 6.20. The van der Waals surface area contributed by atoms with Crippen LogP contribution in [-0.2, 0) is 25.7 Å². The van der Waals surface area contributed by atoms with Crippen molar-refractivity contribution < 1.29 is 29.3 Å². The summed E-state index contributed by atoms with van der Waals surface area (Å²) in [6.07, 6.45) is 7.11. The molecule has 9 heteroatoms. The van der Waals surface area contributed by atoms with Crippen LogP contribution in [0.25, 0.3) is 0 Å². The number of aliphatic hydroxyl groups excluding tert-OH is 1. The largest absolute Gasteiger partial charge is 0.481 e. The molecular formula is C48H73ClN2O6. The van der Waals surface area contributed by atoms with Gasteiger partial charge in [0.05, 0.1) is 17.9 Å². The summed E-state index contributed by atoms with van der Waals surface area (Å²) in [6, 6.07) is 8.00. The summed E-state index contributed by atoms with van der Waals surface area (Å²) in [5.74, 6) is -0.00895. The van der Waals surface area contributed by atoms with Crippen LogP contribution in [0.4, 0.5) is 0 Å². The fraction of sp³-hybridized carbons (Fsp3) is 0.771. The normalized spacial score (nSPS) is 35.5. The number of fused-ring (bicyclic) bond motifs is 7. The Kier molecular flexibility index (Phi) is 12.2. The Labute approximate surface area is 348 Å². The molecule has 0 saturated heterocycles. The number of carboxylic acids is 1. The van der Waals surface area contributed by atoms with Crippen LogP contribution in [0.3, 0.4) is 0 Å². The molecule has 1 unspecified atom stereocenters. The van der Waals surface area contributed by atoms with Gasteiger partial charge in [0, 0.05) is 48.5 Å². The molecule has 6 rings (SSSR count). The molecule has 2 N–H and O–H groups in total. The van der Waals surface area contributed by atoms with Gasteiger partial charge in [-0.15, -0.1) is 0 Å². The number of ether oxygens (including phenoxy) is 1. The number of ketones is 1. The summed E-state index contributed by atoms with van der Waals surface area (Å²) in [7, 11) is 4.16. The van der Waals surface area contributed by atoms with E-state index in [9.17, 15) is 24.6 Å². The maximum atomic E-state index is 14.3. The number of nitrogens with zero attached hydrogens (tertiary/aromatic N) is 2. The Morgan fingerprint density at radius 2 is 1.65 bits per heavy atom. The average Bonchev–Trinajstić information content (AvgIpc) is 3.42. The third kappa shape index (κ3) is 7.58. The number of aliphatic hydroxyl groups is 1. The van der Waals surface area contributed by atoms with E-state index in [1.54, 1.807) is 13.8 Å². The van der Waals surface area contributed by atoms with Crippen molar-refractivity contribution in [1.82, 2.24) is 9.80 Å². The second-order valence-corrected chi connectivity index (χ2v) is 22.2. The van der Waals surface area contributed by atoms with Crippen LogP contribution in [0.15, 0.2) is 35.4 Å². The fourth-order valence-corrected chi connectivity index (χ4v) is 14.0. The smallest absolute Gasteiger partial charge is 0.309 e. The fourth-order valence-electron chi connectivity index (χ4n) is 13.8. The van der Waals surface area contributed by atoms with Crippen molar-refractivity contribution in [3.8, 4) is 0 Å². The summed E-state index contributed by atoms with van der Waals surface area (Å²) in [4.78, 5) is 43.8. The molecule has 318 valence electrons. The number of esters is 1. The minimum Gasteiger partial charge on any atom is -0.481 e. The highest BCUT2D eigenvalue weighted by Gasteiger charge is 2.71. The molecule has 0 aromatic heterocycles. The number of hydrogen-bond donors (Lipinski definition) is 2. The van der Waals surface area contributed by atoms with E-state index < -0.39 is 28.9 Å². The van der Waals surface area contributed by atoms with Crippen molar-refractivity contribution in [3.05, 3.63) is 46.0 Å². The zero-order chi connectivity index (χ0) is 42.1. The lowest BCUT2D eigenvalue weighted by molar-refractivity contribution is -0.235. The van der Waals surface area contributed by atoms with Gasteiger partial charge < -0.3 is 19.8 Å². The molecule has 1 aromatic rings. The zero-order valence-electron chi connectivity index (χ0n) is 37.0. The van der Waals surface area contributed by atoms with Crippen LogP contribution in [-0.4, -0.2) is 83.7 Å². The van der Waals surface area contributed by atoms with Gasteiger partial charge in [-0.1, -0.05) is 77.8 Å². The number of halogens is 1. The van der Waals surface area contributed by atoms with Gasteiger partial charge >= 0.3 is 11.9 Å². The van der Waals surface area contributed by atoms with Gasteiger partial charge in [0.1, 0.15) is 6.10 Å². The predicted octanol–water partition coefficient (Wildman–Crippen LogP) is 9.46. The van der Waals surface area contributed by atoms with Crippen molar-refractivity contribution >= 4 is 29.3 Å². The number of rotatable bonds is 13. The molecular weight excluding hydrogens is 736 g/mol. The highest BCUT2D eigenvalue weighted by Crippen LogP contribution is 2.77. The minimum absolute atomic E-state index is 0.0333. The molecule has 0 radical (unpaired) electrons. The first-order valence-electron chi connectivity index (χ1n) is 21.9. The summed E-state index contributed by atoms with van der Waals surface area (Å²) in [6.45, 7) is 22.6. The van der Waals surface area contributed by atoms with Crippen LogP contribution in [0.2, 0.25) is 5.02 Å². The Morgan fingerprint density at radius 1 is 0.947 bits per heavy atom. The molecule has 0 aliphatic heterocycles. The van der Waals surface area contributed by atoms with E-state index in [1.165, 1.54) is 5.57 Å². The van der Waals surface area contributed by atoms with Crippen molar-refractivity contribution in [2.45, 2.75) is 145 Å².